The van der Waals surface area contributed by atoms with Crippen LogP contribution in [0.3, 0.4) is 0 Å². The van der Waals surface area contributed by atoms with Gasteiger partial charge in [0, 0.05) is 32.2 Å². The van der Waals surface area contributed by atoms with Gasteiger partial charge in [0.15, 0.2) is 0 Å². The summed E-state index contributed by atoms with van der Waals surface area (Å²) in [5.74, 6) is 0.860. The molecule has 0 radical (unpaired) electrons. The second kappa shape index (κ2) is 8.34. The highest BCUT2D eigenvalue weighted by molar-refractivity contribution is 5.28. The van der Waals surface area contributed by atoms with Crippen molar-refractivity contribution in [3.05, 3.63) is 29.8 Å². The number of hydrogen-bond donors (Lipinski definition) is 2. The van der Waals surface area contributed by atoms with E-state index in [4.69, 9.17) is 9.47 Å². The fraction of sp³-hybridized carbons (Fsp3) is 0.625. The maximum absolute atomic E-state index is 10.1. The van der Waals surface area contributed by atoms with Crippen LogP contribution in [0, 0.1) is 0 Å². The van der Waals surface area contributed by atoms with E-state index in [1.54, 1.807) is 7.11 Å². The molecule has 0 amide bonds. The number of aliphatic hydroxyl groups is 1. The first kappa shape index (κ1) is 16.2. The number of β-amino-alcohol motifs (C(OH)–C–C–N with tert-alkyl or cyclic N) is 1. The lowest BCUT2D eigenvalue weighted by Crippen LogP contribution is -2.44. The molecule has 1 fully saturated rings. The summed E-state index contributed by atoms with van der Waals surface area (Å²) < 4.78 is 10.5. The Kier molecular flexibility index (Phi) is 6.45. The van der Waals surface area contributed by atoms with Crippen LogP contribution in [0.2, 0.25) is 0 Å². The molecule has 0 aliphatic carbocycles. The zero-order valence-corrected chi connectivity index (χ0v) is 12.9. The summed E-state index contributed by atoms with van der Waals surface area (Å²) in [6.07, 6.45) is -0.358. The fourth-order valence-electron chi connectivity index (χ4n) is 2.47. The van der Waals surface area contributed by atoms with Crippen molar-refractivity contribution < 1.29 is 14.6 Å². The van der Waals surface area contributed by atoms with Gasteiger partial charge >= 0.3 is 0 Å². The maximum Gasteiger partial charge on any atom is 0.118 e. The number of nitrogens with one attached hydrogen (secondary N) is 1. The van der Waals surface area contributed by atoms with E-state index in [1.807, 2.05) is 24.3 Å². The minimum absolute atomic E-state index is 0.204. The van der Waals surface area contributed by atoms with Crippen LogP contribution in [0.15, 0.2) is 24.3 Å². The molecular weight excluding hydrogens is 268 g/mol. The molecule has 1 aliphatic rings. The van der Waals surface area contributed by atoms with E-state index < -0.39 is 0 Å². The van der Waals surface area contributed by atoms with Crippen LogP contribution in [0.25, 0.3) is 0 Å². The Bertz CT molecular complexity index is 404. The number of morpholine rings is 1. The third-order valence-electron chi connectivity index (χ3n) is 3.85. The smallest absolute Gasteiger partial charge is 0.118 e. The van der Waals surface area contributed by atoms with Crippen LogP contribution in [0.1, 0.15) is 18.5 Å². The number of hydrogen-bond acceptors (Lipinski definition) is 5. The summed E-state index contributed by atoms with van der Waals surface area (Å²) in [6, 6.07) is 8.21. The summed E-state index contributed by atoms with van der Waals surface area (Å²) in [5, 5.41) is 13.5. The van der Waals surface area contributed by atoms with E-state index in [9.17, 15) is 5.11 Å². The van der Waals surface area contributed by atoms with E-state index >= 15 is 0 Å². The highest BCUT2D eigenvalue weighted by atomic mass is 16.5. The normalized spacial score (nSPS) is 19.2. The maximum atomic E-state index is 10.1. The van der Waals surface area contributed by atoms with E-state index in [-0.39, 0.29) is 12.1 Å². The molecule has 0 aromatic heterocycles. The van der Waals surface area contributed by atoms with Gasteiger partial charge in [-0.1, -0.05) is 12.1 Å². The van der Waals surface area contributed by atoms with Gasteiger partial charge in [-0.2, -0.15) is 0 Å². The molecule has 0 bridgehead atoms. The molecule has 1 saturated heterocycles. The first-order valence-corrected chi connectivity index (χ1v) is 7.54. The summed E-state index contributed by atoms with van der Waals surface area (Å²) >= 11 is 0. The molecule has 5 heteroatoms. The Labute approximate surface area is 126 Å². The molecule has 1 aromatic carbocycles. The van der Waals surface area contributed by atoms with E-state index in [0.717, 1.165) is 32.1 Å². The van der Waals surface area contributed by atoms with Crippen molar-refractivity contribution >= 4 is 0 Å². The second-order valence-corrected chi connectivity index (χ2v) is 5.47. The zero-order chi connectivity index (χ0) is 15.1. The third-order valence-corrected chi connectivity index (χ3v) is 3.85. The minimum atomic E-state index is -0.358. The molecule has 1 heterocycles. The first-order valence-electron chi connectivity index (χ1n) is 7.54. The van der Waals surface area contributed by atoms with Crippen LogP contribution >= 0.6 is 0 Å². The predicted molar refractivity (Wildman–Crippen MR) is 82.7 cm³/mol. The van der Waals surface area contributed by atoms with Gasteiger partial charge in [-0.25, -0.2) is 0 Å². The van der Waals surface area contributed by atoms with Gasteiger partial charge in [-0.05, 0) is 24.6 Å². The number of aliphatic hydroxyl groups excluding tert-OH is 1. The lowest BCUT2D eigenvalue weighted by Gasteiger charge is -2.29. The molecule has 21 heavy (non-hydrogen) atoms. The van der Waals surface area contributed by atoms with Gasteiger partial charge in [-0.15, -0.1) is 0 Å². The fourth-order valence-corrected chi connectivity index (χ4v) is 2.47. The van der Waals surface area contributed by atoms with E-state index in [0.29, 0.717) is 13.1 Å². The summed E-state index contributed by atoms with van der Waals surface area (Å²) in [7, 11) is 1.67. The van der Waals surface area contributed by atoms with Gasteiger partial charge in [-0.3, -0.25) is 4.90 Å². The second-order valence-electron chi connectivity index (χ2n) is 5.47. The Morgan fingerprint density at radius 1 is 1.29 bits per heavy atom. The largest absolute Gasteiger partial charge is 0.497 e. The van der Waals surface area contributed by atoms with Crippen LogP contribution in [-0.2, 0) is 4.74 Å². The van der Waals surface area contributed by atoms with Crippen LogP contribution in [0.4, 0.5) is 0 Å². The van der Waals surface area contributed by atoms with Crippen molar-refractivity contribution in [2.24, 2.45) is 0 Å². The van der Waals surface area contributed by atoms with Crippen LogP contribution < -0.4 is 10.1 Å². The van der Waals surface area contributed by atoms with Crippen molar-refractivity contribution in [2.75, 3.05) is 46.5 Å². The van der Waals surface area contributed by atoms with Crippen LogP contribution in [-0.4, -0.2) is 62.6 Å². The summed E-state index contributed by atoms with van der Waals surface area (Å²) in [5.41, 5.74) is 1.19. The molecular formula is C16H26N2O3. The van der Waals surface area contributed by atoms with Crippen molar-refractivity contribution in [1.82, 2.24) is 10.2 Å². The van der Waals surface area contributed by atoms with Crippen molar-refractivity contribution in [1.29, 1.82) is 0 Å². The van der Waals surface area contributed by atoms with Crippen molar-refractivity contribution in [3.8, 4) is 5.75 Å². The average Bonchev–Trinajstić information content (AvgIpc) is 2.53. The predicted octanol–water partition coefficient (Wildman–Crippen LogP) is 1.04. The molecule has 2 rings (SSSR count). The molecule has 118 valence electrons. The van der Waals surface area contributed by atoms with Gasteiger partial charge in [0.1, 0.15) is 5.75 Å². The van der Waals surface area contributed by atoms with Crippen molar-refractivity contribution in [3.63, 3.8) is 0 Å². The lowest BCUT2D eigenvalue weighted by molar-refractivity contribution is 0.0145. The number of benzene rings is 1. The summed E-state index contributed by atoms with van der Waals surface area (Å²) in [4.78, 5) is 2.24. The molecule has 1 aromatic rings. The van der Waals surface area contributed by atoms with E-state index in [2.05, 4.69) is 17.1 Å². The average molecular weight is 294 g/mol. The number of rotatable bonds is 7. The quantitative estimate of drug-likeness (QED) is 0.787. The number of nitrogens with zero attached hydrogens (tertiary/aromatic N) is 1. The van der Waals surface area contributed by atoms with Crippen LogP contribution in [0.5, 0.6) is 5.75 Å². The molecule has 0 saturated carbocycles. The molecule has 1 aliphatic heterocycles. The minimum Gasteiger partial charge on any atom is -0.497 e. The Morgan fingerprint density at radius 3 is 2.57 bits per heavy atom. The SMILES string of the molecule is COc1ccc(C(C)NCC(O)CN2CCOCC2)cc1. The van der Waals surface area contributed by atoms with Crippen molar-refractivity contribution in [2.45, 2.75) is 19.1 Å². The molecule has 2 unspecified atom stereocenters. The topological polar surface area (TPSA) is 54.0 Å². The van der Waals surface area contributed by atoms with Gasteiger partial charge in [0.25, 0.3) is 0 Å². The highest BCUT2D eigenvalue weighted by Gasteiger charge is 2.15. The standard InChI is InChI=1S/C16H26N2O3/c1-13(14-3-5-16(20-2)6-4-14)17-11-15(19)12-18-7-9-21-10-8-18/h3-6,13,15,17,19H,7-12H2,1-2H3. The first-order chi connectivity index (χ1) is 10.2. The van der Waals surface area contributed by atoms with Gasteiger partial charge in [0.2, 0.25) is 0 Å². The Hall–Kier alpha value is -1.14. The Balaban J connectivity index is 1.72. The highest BCUT2D eigenvalue weighted by Crippen LogP contribution is 2.17. The Morgan fingerprint density at radius 2 is 1.95 bits per heavy atom. The molecule has 2 atom stereocenters. The monoisotopic (exact) mass is 294 g/mol. The number of methoxy groups -OCH3 is 1. The lowest BCUT2D eigenvalue weighted by atomic mass is 10.1. The third kappa shape index (κ3) is 5.28. The van der Waals surface area contributed by atoms with Gasteiger partial charge in [0.05, 0.1) is 26.4 Å². The van der Waals surface area contributed by atoms with E-state index in [1.165, 1.54) is 5.56 Å². The molecule has 5 nitrogen and oxygen atoms in total. The van der Waals surface area contributed by atoms with Gasteiger partial charge < -0.3 is 19.9 Å². The zero-order valence-electron chi connectivity index (χ0n) is 12.9. The number of ether oxygens (including phenoxy) is 2. The molecule has 2 N–H and O–H groups in total. The summed E-state index contributed by atoms with van der Waals surface area (Å²) in [6.45, 7) is 6.74. The molecule has 0 spiro atoms.